The van der Waals surface area contributed by atoms with Crippen molar-refractivity contribution in [1.29, 1.82) is 0 Å². The number of methoxy groups -OCH3 is 1. The van der Waals surface area contributed by atoms with Crippen molar-refractivity contribution in [2.45, 2.75) is 13.3 Å². The highest BCUT2D eigenvalue weighted by molar-refractivity contribution is 5.96. The van der Waals surface area contributed by atoms with Crippen molar-refractivity contribution < 1.29 is 14.6 Å². The summed E-state index contributed by atoms with van der Waals surface area (Å²) in [5.74, 6) is -0.154. The number of para-hydroxylation sites is 1. The number of ether oxygens (including phenoxy) is 1. The predicted octanol–water partition coefficient (Wildman–Crippen LogP) is 3.92. The lowest BCUT2D eigenvalue weighted by atomic mass is 10.0. The molecule has 0 aliphatic carbocycles. The normalized spacial score (nSPS) is 10.6. The van der Waals surface area contributed by atoms with E-state index in [1.165, 1.54) is 0 Å². The molecule has 5 nitrogen and oxygen atoms in total. The third-order valence-corrected chi connectivity index (χ3v) is 3.87. The molecular formula is C19H18N2O3. The van der Waals surface area contributed by atoms with Gasteiger partial charge in [0.15, 0.2) is 0 Å². The number of fused-ring (bicyclic) bond motifs is 1. The zero-order valence-electron chi connectivity index (χ0n) is 13.5. The molecule has 2 N–H and O–H groups in total. The number of aromatic nitrogens is 1. The number of aliphatic carboxylic acids is 1. The number of benzene rings is 2. The number of hydrogen-bond acceptors (Lipinski definition) is 4. The Morgan fingerprint density at radius 2 is 2.00 bits per heavy atom. The van der Waals surface area contributed by atoms with Crippen LogP contribution >= 0.6 is 0 Å². The second-order valence-electron chi connectivity index (χ2n) is 5.50. The third-order valence-electron chi connectivity index (χ3n) is 3.87. The molecule has 0 spiro atoms. The second kappa shape index (κ2) is 6.58. The number of rotatable bonds is 5. The SMILES string of the molecule is COc1cccc(Nc2c(CC(=O)O)c(C)nc3ccccc23)c1. The first kappa shape index (κ1) is 15.8. The van der Waals surface area contributed by atoms with Crippen LogP contribution in [0.4, 0.5) is 11.4 Å². The summed E-state index contributed by atoms with van der Waals surface area (Å²) >= 11 is 0. The van der Waals surface area contributed by atoms with Crippen LogP contribution in [0.25, 0.3) is 10.9 Å². The molecule has 1 heterocycles. The Hall–Kier alpha value is -3.08. The molecule has 122 valence electrons. The molecule has 3 rings (SSSR count). The van der Waals surface area contributed by atoms with Crippen LogP contribution in [-0.4, -0.2) is 23.2 Å². The van der Waals surface area contributed by atoms with Crippen molar-refractivity contribution in [1.82, 2.24) is 4.98 Å². The first-order valence-corrected chi connectivity index (χ1v) is 7.59. The van der Waals surface area contributed by atoms with E-state index in [1.807, 2.05) is 55.5 Å². The second-order valence-corrected chi connectivity index (χ2v) is 5.50. The lowest BCUT2D eigenvalue weighted by Crippen LogP contribution is -2.08. The maximum atomic E-state index is 11.3. The van der Waals surface area contributed by atoms with Crippen LogP contribution in [0, 0.1) is 6.92 Å². The molecule has 0 amide bonds. The number of nitrogens with one attached hydrogen (secondary N) is 1. The summed E-state index contributed by atoms with van der Waals surface area (Å²) in [6.45, 7) is 1.83. The summed E-state index contributed by atoms with van der Waals surface area (Å²) in [7, 11) is 1.61. The average Bonchev–Trinajstić information content (AvgIpc) is 2.58. The molecule has 1 aromatic heterocycles. The van der Waals surface area contributed by atoms with Gasteiger partial charge in [-0.1, -0.05) is 24.3 Å². The Morgan fingerprint density at radius 1 is 1.21 bits per heavy atom. The first-order valence-electron chi connectivity index (χ1n) is 7.59. The van der Waals surface area contributed by atoms with E-state index < -0.39 is 5.97 Å². The van der Waals surface area contributed by atoms with E-state index in [-0.39, 0.29) is 6.42 Å². The summed E-state index contributed by atoms with van der Waals surface area (Å²) in [4.78, 5) is 15.8. The third kappa shape index (κ3) is 3.15. The maximum absolute atomic E-state index is 11.3. The molecular weight excluding hydrogens is 304 g/mol. The van der Waals surface area contributed by atoms with Crippen molar-refractivity contribution in [3.8, 4) is 5.75 Å². The molecule has 0 saturated heterocycles. The van der Waals surface area contributed by atoms with Crippen LogP contribution in [-0.2, 0) is 11.2 Å². The smallest absolute Gasteiger partial charge is 0.307 e. The van der Waals surface area contributed by atoms with Crippen molar-refractivity contribution in [2.75, 3.05) is 12.4 Å². The molecule has 0 radical (unpaired) electrons. The Balaban J connectivity index is 2.17. The first-order chi connectivity index (χ1) is 11.6. The maximum Gasteiger partial charge on any atom is 0.307 e. The highest BCUT2D eigenvalue weighted by Crippen LogP contribution is 2.32. The van der Waals surface area contributed by atoms with E-state index >= 15 is 0 Å². The van der Waals surface area contributed by atoms with E-state index in [1.54, 1.807) is 7.11 Å². The zero-order chi connectivity index (χ0) is 17.1. The van der Waals surface area contributed by atoms with E-state index in [2.05, 4.69) is 10.3 Å². The number of nitrogens with zero attached hydrogens (tertiary/aromatic N) is 1. The van der Waals surface area contributed by atoms with Gasteiger partial charge in [-0.05, 0) is 25.1 Å². The summed E-state index contributed by atoms with van der Waals surface area (Å²) in [6, 6.07) is 15.2. The van der Waals surface area contributed by atoms with Gasteiger partial charge in [0.05, 0.1) is 24.7 Å². The minimum atomic E-state index is -0.885. The standard InChI is InChI=1S/C19H18N2O3/c1-12-16(11-18(22)23)19(15-8-3-4-9-17(15)20-12)21-13-6-5-7-14(10-13)24-2/h3-10H,11H2,1-2H3,(H,20,21)(H,22,23). The molecule has 0 atom stereocenters. The lowest BCUT2D eigenvalue weighted by Gasteiger charge is -2.16. The molecule has 2 aromatic carbocycles. The average molecular weight is 322 g/mol. The lowest BCUT2D eigenvalue weighted by molar-refractivity contribution is -0.136. The van der Waals surface area contributed by atoms with Crippen LogP contribution in [0.5, 0.6) is 5.75 Å². The van der Waals surface area contributed by atoms with Crippen LogP contribution in [0.2, 0.25) is 0 Å². The number of anilines is 2. The van der Waals surface area contributed by atoms with Gasteiger partial charge in [-0.3, -0.25) is 9.78 Å². The summed E-state index contributed by atoms with van der Waals surface area (Å²) in [6.07, 6.45) is -0.0873. The van der Waals surface area contributed by atoms with Crippen molar-refractivity contribution in [3.63, 3.8) is 0 Å². The molecule has 0 aliphatic rings. The largest absolute Gasteiger partial charge is 0.497 e. The van der Waals surface area contributed by atoms with E-state index in [0.29, 0.717) is 11.3 Å². The fraction of sp³-hybridized carbons (Fsp3) is 0.158. The fourth-order valence-corrected chi connectivity index (χ4v) is 2.73. The van der Waals surface area contributed by atoms with E-state index in [0.717, 1.165) is 28.0 Å². The molecule has 0 bridgehead atoms. The number of pyridine rings is 1. The molecule has 0 fully saturated rings. The molecule has 24 heavy (non-hydrogen) atoms. The van der Waals surface area contributed by atoms with E-state index in [9.17, 15) is 9.90 Å². The molecule has 0 saturated carbocycles. The summed E-state index contributed by atoms with van der Waals surface area (Å²) < 4.78 is 5.25. The molecule has 0 aliphatic heterocycles. The molecule has 0 unspecified atom stereocenters. The topological polar surface area (TPSA) is 71.5 Å². The quantitative estimate of drug-likeness (QED) is 0.745. The monoisotopic (exact) mass is 322 g/mol. The Labute approximate surface area is 139 Å². The van der Waals surface area contributed by atoms with Crippen molar-refractivity contribution >= 4 is 28.2 Å². The highest BCUT2D eigenvalue weighted by atomic mass is 16.5. The summed E-state index contributed by atoms with van der Waals surface area (Å²) in [5.41, 5.74) is 3.82. The van der Waals surface area contributed by atoms with Crippen LogP contribution in [0.1, 0.15) is 11.3 Å². The van der Waals surface area contributed by atoms with Gasteiger partial charge in [0.1, 0.15) is 5.75 Å². The highest BCUT2D eigenvalue weighted by Gasteiger charge is 2.15. The van der Waals surface area contributed by atoms with Gasteiger partial charge in [0.2, 0.25) is 0 Å². The Morgan fingerprint density at radius 3 is 2.75 bits per heavy atom. The Bertz CT molecular complexity index is 906. The van der Waals surface area contributed by atoms with Crippen LogP contribution in [0.3, 0.4) is 0 Å². The molecule has 5 heteroatoms. The minimum Gasteiger partial charge on any atom is -0.497 e. The fourth-order valence-electron chi connectivity index (χ4n) is 2.73. The number of carboxylic acid groups (broad SMARTS) is 1. The number of carboxylic acids is 1. The zero-order valence-corrected chi connectivity index (χ0v) is 13.5. The van der Waals surface area contributed by atoms with Gasteiger partial charge in [-0.25, -0.2) is 0 Å². The van der Waals surface area contributed by atoms with Gasteiger partial charge in [0.25, 0.3) is 0 Å². The Kier molecular flexibility index (Phi) is 4.33. The van der Waals surface area contributed by atoms with E-state index in [4.69, 9.17) is 4.74 Å². The summed E-state index contributed by atoms with van der Waals surface area (Å²) in [5, 5.41) is 13.5. The number of aryl methyl sites for hydroxylation is 1. The van der Waals surface area contributed by atoms with Crippen LogP contribution < -0.4 is 10.1 Å². The number of carbonyl (C=O) groups is 1. The van der Waals surface area contributed by atoms with Gasteiger partial charge >= 0.3 is 5.97 Å². The van der Waals surface area contributed by atoms with Gasteiger partial charge in [0, 0.05) is 28.4 Å². The molecule has 3 aromatic rings. The predicted molar refractivity (Wildman–Crippen MR) is 94.1 cm³/mol. The van der Waals surface area contributed by atoms with Gasteiger partial charge in [-0.15, -0.1) is 0 Å². The minimum absolute atomic E-state index is 0.0873. The number of hydrogen-bond donors (Lipinski definition) is 2. The van der Waals surface area contributed by atoms with Crippen molar-refractivity contribution in [3.05, 3.63) is 59.8 Å². The van der Waals surface area contributed by atoms with Gasteiger partial charge < -0.3 is 15.2 Å². The van der Waals surface area contributed by atoms with Gasteiger partial charge in [-0.2, -0.15) is 0 Å². The van der Waals surface area contributed by atoms with Crippen molar-refractivity contribution in [2.24, 2.45) is 0 Å². The van der Waals surface area contributed by atoms with Crippen LogP contribution in [0.15, 0.2) is 48.5 Å².